The van der Waals surface area contributed by atoms with Crippen molar-refractivity contribution >= 4 is 24.2 Å². The Morgan fingerprint density at radius 2 is 1.90 bits per heavy atom. The highest BCUT2D eigenvalue weighted by atomic mass is 35.5. The Morgan fingerprint density at radius 1 is 1.24 bits per heavy atom. The van der Waals surface area contributed by atoms with Crippen LogP contribution in [0.4, 0.5) is 0 Å². The smallest absolute Gasteiger partial charge is 0.0460 e. The lowest BCUT2D eigenvalue weighted by atomic mass is 9.98. The van der Waals surface area contributed by atoms with Crippen molar-refractivity contribution in [2.24, 2.45) is 11.7 Å². The standard InChI is InChI=1S/C16H26N2OS.ClH/c17-15(13-20-16-4-2-1-3-5-16)8-11-18-9-6-14(12-19)7-10-18;/h1-5,14-15,19H,6-13,17H2;1H/t15-;/m0./s1. The van der Waals surface area contributed by atoms with E-state index in [1.54, 1.807) is 0 Å². The fourth-order valence-electron chi connectivity index (χ4n) is 2.54. The number of rotatable bonds is 7. The van der Waals surface area contributed by atoms with E-state index >= 15 is 0 Å². The Bertz CT molecular complexity index is 372. The monoisotopic (exact) mass is 330 g/mol. The van der Waals surface area contributed by atoms with Gasteiger partial charge in [-0.05, 0) is 56.9 Å². The summed E-state index contributed by atoms with van der Waals surface area (Å²) in [5, 5.41) is 9.13. The van der Waals surface area contributed by atoms with Crippen LogP contribution in [-0.2, 0) is 0 Å². The number of aliphatic hydroxyl groups is 1. The molecule has 1 atom stereocenters. The van der Waals surface area contributed by atoms with Crippen molar-refractivity contribution in [2.45, 2.75) is 30.2 Å². The molecule has 2 rings (SSSR count). The summed E-state index contributed by atoms with van der Waals surface area (Å²) in [7, 11) is 0. The van der Waals surface area contributed by atoms with Gasteiger partial charge in [-0.3, -0.25) is 0 Å². The van der Waals surface area contributed by atoms with Gasteiger partial charge in [-0.15, -0.1) is 24.2 Å². The summed E-state index contributed by atoms with van der Waals surface area (Å²) in [6, 6.07) is 10.7. The second-order valence-corrected chi connectivity index (χ2v) is 6.73. The summed E-state index contributed by atoms with van der Waals surface area (Å²) in [5.41, 5.74) is 6.20. The SMILES string of the molecule is Cl.N[C@@H](CCN1CCC(CO)CC1)CSc1ccccc1. The maximum atomic E-state index is 9.13. The molecule has 0 amide bonds. The van der Waals surface area contributed by atoms with E-state index in [0.717, 1.165) is 44.6 Å². The van der Waals surface area contributed by atoms with Crippen molar-refractivity contribution in [3.05, 3.63) is 30.3 Å². The van der Waals surface area contributed by atoms with Crippen LogP contribution >= 0.6 is 24.2 Å². The summed E-state index contributed by atoms with van der Waals surface area (Å²) in [5.74, 6) is 1.51. The van der Waals surface area contributed by atoms with Crippen molar-refractivity contribution < 1.29 is 5.11 Å². The Hall–Kier alpha value is -0.260. The van der Waals surface area contributed by atoms with E-state index in [2.05, 4.69) is 29.2 Å². The average Bonchev–Trinajstić information content (AvgIpc) is 2.52. The zero-order valence-corrected chi connectivity index (χ0v) is 14.1. The lowest BCUT2D eigenvalue weighted by Gasteiger charge is -2.31. The summed E-state index contributed by atoms with van der Waals surface area (Å²) in [6.45, 7) is 3.67. The first-order valence-electron chi connectivity index (χ1n) is 7.54. The maximum absolute atomic E-state index is 9.13. The van der Waals surface area contributed by atoms with Gasteiger partial charge in [0.15, 0.2) is 0 Å². The van der Waals surface area contributed by atoms with Gasteiger partial charge < -0.3 is 15.7 Å². The van der Waals surface area contributed by atoms with Crippen molar-refractivity contribution in [1.29, 1.82) is 0 Å². The molecule has 1 saturated heterocycles. The first-order chi connectivity index (χ1) is 9.78. The van der Waals surface area contributed by atoms with Crippen LogP contribution in [0.2, 0.25) is 0 Å². The predicted octanol–water partition coefficient (Wildman–Crippen LogP) is 2.62. The van der Waals surface area contributed by atoms with Crippen LogP contribution in [0, 0.1) is 5.92 Å². The average molecular weight is 331 g/mol. The van der Waals surface area contributed by atoms with E-state index in [-0.39, 0.29) is 18.4 Å². The highest BCUT2D eigenvalue weighted by Crippen LogP contribution is 2.19. The molecular formula is C16H27ClN2OS. The fraction of sp³-hybridized carbons (Fsp3) is 0.625. The molecule has 1 aliphatic heterocycles. The van der Waals surface area contributed by atoms with Gasteiger partial charge in [-0.2, -0.15) is 0 Å². The number of likely N-dealkylation sites (tertiary alicyclic amines) is 1. The van der Waals surface area contributed by atoms with Crippen molar-refractivity contribution in [3.8, 4) is 0 Å². The lowest BCUT2D eigenvalue weighted by molar-refractivity contribution is 0.130. The van der Waals surface area contributed by atoms with E-state index in [1.165, 1.54) is 4.90 Å². The van der Waals surface area contributed by atoms with E-state index in [4.69, 9.17) is 10.8 Å². The third-order valence-electron chi connectivity index (χ3n) is 3.99. The molecule has 1 heterocycles. The van der Waals surface area contributed by atoms with E-state index in [0.29, 0.717) is 12.5 Å². The van der Waals surface area contributed by atoms with Crippen LogP contribution in [-0.4, -0.2) is 48.0 Å². The van der Waals surface area contributed by atoms with Crippen molar-refractivity contribution in [1.82, 2.24) is 4.90 Å². The molecule has 0 aliphatic carbocycles. The minimum atomic E-state index is 0. The Labute approximate surface area is 138 Å². The zero-order valence-electron chi connectivity index (χ0n) is 12.5. The molecule has 3 nitrogen and oxygen atoms in total. The van der Waals surface area contributed by atoms with Gasteiger partial charge in [0.05, 0.1) is 0 Å². The molecule has 3 N–H and O–H groups in total. The Morgan fingerprint density at radius 3 is 2.52 bits per heavy atom. The molecule has 1 aliphatic rings. The summed E-state index contributed by atoms with van der Waals surface area (Å²) < 4.78 is 0. The fourth-order valence-corrected chi connectivity index (χ4v) is 3.47. The molecular weight excluding hydrogens is 304 g/mol. The molecule has 0 unspecified atom stereocenters. The van der Waals surface area contributed by atoms with Gasteiger partial charge >= 0.3 is 0 Å². The second-order valence-electron chi connectivity index (χ2n) is 5.64. The molecule has 1 aromatic carbocycles. The van der Waals surface area contributed by atoms with Gasteiger partial charge in [0.2, 0.25) is 0 Å². The first kappa shape index (κ1) is 18.8. The van der Waals surface area contributed by atoms with Gasteiger partial charge in [0.25, 0.3) is 0 Å². The Balaban J connectivity index is 0.00000220. The molecule has 0 aromatic heterocycles. The molecule has 120 valence electrons. The zero-order chi connectivity index (χ0) is 14.2. The van der Waals surface area contributed by atoms with Crippen molar-refractivity contribution in [2.75, 3.05) is 32.0 Å². The van der Waals surface area contributed by atoms with Gasteiger partial charge in [0.1, 0.15) is 0 Å². The number of nitrogens with zero attached hydrogens (tertiary/aromatic N) is 1. The second kappa shape index (κ2) is 10.5. The molecule has 0 spiro atoms. The molecule has 0 bridgehead atoms. The lowest BCUT2D eigenvalue weighted by Crippen LogP contribution is -2.38. The third-order valence-corrected chi connectivity index (χ3v) is 5.19. The summed E-state index contributed by atoms with van der Waals surface area (Å²) >= 11 is 1.84. The normalized spacial score (nSPS) is 18.2. The molecule has 21 heavy (non-hydrogen) atoms. The molecule has 0 saturated carbocycles. The highest BCUT2D eigenvalue weighted by molar-refractivity contribution is 7.99. The van der Waals surface area contributed by atoms with E-state index < -0.39 is 0 Å². The van der Waals surface area contributed by atoms with E-state index in [9.17, 15) is 0 Å². The summed E-state index contributed by atoms with van der Waals surface area (Å²) in [4.78, 5) is 3.78. The number of benzene rings is 1. The number of aliphatic hydroxyl groups excluding tert-OH is 1. The number of hydrogen-bond acceptors (Lipinski definition) is 4. The molecule has 0 radical (unpaired) electrons. The van der Waals surface area contributed by atoms with Gasteiger partial charge in [0, 0.05) is 23.3 Å². The van der Waals surface area contributed by atoms with E-state index in [1.807, 2.05) is 17.8 Å². The van der Waals surface area contributed by atoms with Crippen LogP contribution in [0.25, 0.3) is 0 Å². The van der Waals surface area contributed by atoms with Gasteiger partial charge in [-0.1, -0.05) is 18.2 Å². The molecule has 5 heteroatoms. The summed E-state index contributed by atoms with van der Waals surface area (Å²) in [6.07, 6.45) is 3.32. The van der Waals surface area contributed by atoms with Crippen LogP contribution in [0.5, 0.6) is 0 Å². The number of halogens is 1. The number of thioether (sulfide) groups is 1. The topological polar surface area (TPSA) is 49.5 Å². The van der Waals surface area contributed by atoms with Crippen LogP contribution in [0.15, 0.2) is 35.2 Å². The maximum Gasteiger partial charge on any atom is 0.0460 e. The predicted molar refractivity (Wildman–Crippen MR) is 93.3 cm³/mol. The largest absolute Gasteiger partial charge is 0.396 e. The highest BCUT2D eigenvalue weighted by Gasteiger charge is 2.18. The van der Waals surface area contributed by atoms with Crippen molar-refractivity contribution in [3.63, 3.8) is 0 Å². The third kappa shape index (κ3) is 7.02. The Kier molecular flexibility index (Phi) is 9.36. The molecule has 1 aromatic rings. The molecule has 1 fully saturated rings. The first-order valence-corrected chi connectivity index (χ1v) is 8.53. The van der Waals surface area contributed by atoms with Crippen LogP contribution in [0.3, 0.4) is 0 Å². The van der Waals surface area contributed by atoms with Crippen LogP contribution < -0.4 is 5.73 Å². The number of nitrogens with two attached hydrogens (primary N) is 1. The number of hydrogen-bond donors (Lipinski definition) is 2. The minimum Gasteiger partial charge on any atom is -0.396 e. The minimum absolute atomic E-state index is 0. The van der Waals surface area contributed by atoms with Crippen LogP contribution in [0.1, 0.15) is 19.3 Å². The van der Waals surface area contributed by atoms with Gasteiger partial charge in [-0.25, -0.2) is 0 Å². The quantitative estimate of drug-likeness (QED) is 0.755. The number of piperidine rings is 1.